The van der Waals surface area contributed by atoms with E-state index >= 15 is 0 Å². The van der Waals surface area contributed by atoms with Crippen molar-refractivity contribution in [3.8, 4) is 5.75 Å². The van der Waals surface area contributed by atoms with Crippen molar-refractivity contribution in [1.82, 2.24) is 5.43 Å². The Morgan fingerprint density at radius 1 is 1.31 bits per heavy atom. The van der Waals surface area contributed by atoms with Gasteiger partial charge in [0.2, 0.25) is 0 Å². The highest BCUT2D eigenvalue weighted by atomic mass is 35.5. The van der Waals surface area contributed by atoms with Crippen LogP contribution in [0.3, 0.4) is 0 Å². The van der Waals surface area contributed by atoms with Crippen LogP contribution in [0, 0.1) is 10.1 Å². The second kappa shape index (κ2) is 7.51. The van der Waals surface area contributed by atoms with Gasteiger partial charge < -0.3 is 4.74 Å². The molecule has 2 aromatic carbocycles. The second-order valence-electron chi connectivity index (χ2n) is 5.16. The fraction of sp³-hybridized carbons (Fsp3) is 0.0588. The van der Waals surface area contributed by atoms with Crippen LogP contribution >= 0.6 is 22.9 Å². The van der Waals surface area contributed by atoms with Gasteiger partial charge in [0.05, 0.1) is 23.3 Å². The third-order valence-corrected chi connectivity index (χ3v) is 5.18. The lowest BCUT2D eigenvalue weighted by Crippen LogP contribution is -2.16. The number of halogens is 1. The minimum absolute atomic E-state index is 0.0151. The summed E-state index contributed by atoms with van der Waals surface area (Å²) >= 11 is 7.52. The van der Waals surface area contributed by atoms with Gasteiger partial charge in [0, 0.05) is 22.2 Å². The summed E-state index contributed by atoms with van der Waals surface area (Å²) in [6.45, 7) is 0. The number of hydrogen-bond acceptors (Lipinski definition) is 6. The summed E-state index contributed by atoms with van der Waals surface area (Å²) < 4.78 is 6.00. The summed E-state index contributed by atoms with van der Waals surface area (Å²) in [6.07, 6.45) is 1.39. The number of benzene rings is 2. The summed E-state index contributed by atoms with van der Waals surface area (Å²) in [6, 6.07) is 11.2. The highest BCUT2D eigenvalue weighted by molar-refractivity contribution is 7.21. The number of methoxy groups -OCH3 is 1. The molecule has 1 aromatic heterocycles. The maximum Gasteiger partial charge on any atom is 0.283 e. The highest BCUT2D eigenvalue weighted by Crippen LogP contribution is 2.37. The lowest BCUT2D eigenvalue weighted by atomic mass is 10.2. The Morgan fingerprint density at radius 3 is 2.69 bits per heavy atom. The molecule has 7 nitrogen and oxygen atoms in total. The van der Waals surface area contributed by atoms with Crippen LogP contribution in [0.2, 0.25) is 5.02 Å². The molecule has 3 aromatic rings. The zero-order chi connectivity index (χ0) is 18.7. The lowest BCUT2D eigenvalue weighted by Gasteiger charge is -1.98. The molecular weight excluding hydrogens is 378 g/mol. The van der Waals surface area contributed by atoms with Gasteiger partial charge in [0.15, 0.2) is 0 Å². The normalized spacial score (nSPS) is 11.0. The molecule has 0 saturated carbocycles. The number of hydrazone groups is 1. The Kier molecular flexibility index (Phi) is 5.15. The van der Waals surface area contributed by atoms with Crippen molar-refractivity contribution in [1.29, 1.82) is 0 Å². The summed E-state index contributed by atoms with van der Waals surface area (Å²) in [5.74, 6) is 0.242. The smallest absolute Gasteiger partial charge is 0.283 e. The number of nitro groups is 1. The molecule has 0 fully saturated rings. The van der Waals surface area contributed by atoms with Crippen molar-refractivity contribution in [2.24, 2.45) is 5.10 Å². The Labute approximate surface area is 157 Å². The molecule has 26 heavy (non-hydrogen) atoms. The van der Waals surface area contributed by atoms with E-state index in [9.17, 15) is 14.9 Å². The summed E-state index contributed by atoms with van der Waals surface area (Å²) in [5, 5.41) is 15.6. The number of carbonyl (C=O) groups excluding carboxylic acids is 1. The quantitative estimate of drug-likeness (QED) is 0.401. The van der Waals surface area contributed by atoms with Crippen LogP contribution in [0.4, 0.5) is 5.69 Å². The fourth-order valence-electron chi connectivity index (χ4n) is 2.22. The number of nitrogens with zero attached hydrogens (tertiary/aromatic N) is 2. The van der Waals surface area contributed by atoms with Crippen LogP contribution in [-0.2, 0) is 0 Å². The van der Waals surface area contributed by atoms with E-state index in [1.807, 2.05) is 6.07 Å². The molecule has 0 saturated heterocycles. The Hall–Kier alpha value is -2.97. The minimum Gasteiger partial charge on any atom is -0.497 e. The van der Waals surface area contributed by atoms with Gasteiger partial charge in [-0.1, -0.05) is 11.6 Å². The molecular formula is C17H12ClN3O4S. The lowest BCUT2D eigenvalue weighted by molar-refractivity contribution is -0.384. The molecule has 1 amide bonds. The molecule has 0 aliphatic heterocycles. The molecule has 1 N–H and O–H groups in total. The number of fused-ring (bicyclic) bond motifs is 1. The van der Waals surface area contributed by atoms with E-state index in [1.165, 1.54) is 41.8 Å². The van der Waals surface area contributed by atoms with E-state index in [0.717, 1.165) is 10.1 Å². The van der Waals surface area contributed by atoms with Gasteiger partial charge in [-0.05, 0) is 35.9 Å². The van der Waals surface area contributed by atoms with Crippen LogP contribution in [-0.4, -0.2) is 24.2 Å². The van der Waals surface area contributed by atoms with Gasteiger partial charge in [-0.2, -0.15) is 5.10 Å². The molecule has 132 valence electrons. The van der Waals surface area contributed by atoms with Gasteiger partial charge in [0.25, 0.3) is 11.6 Å². The average molecular weight is 390 g/mol. The van der Waals surface area contributed by atoms with E-state index in [0.29, 0.717) is 21.2 Å². The second-order valence-corrected chi connectivity index (χ2v) is 6.59. The average Bonchev–Trinajstić information content (AvgIpc) is 2.98. The molecule has 1 heterocycles. The zero-order valence-electron chi connectivity index (χ0n) is 13.4. The summed E-state index contributed by atoms with van der Waals surface area (Å²) in [7, 11) is 1.57. The number of amides is 1. The number of rotatable bonds is 5. The van der Waals surface area contributed by atoms with Crippen molar-refractivity contribution in [2.75, 3.05) is 7.11 Å². The van der Waals surface area contributed by atoms with Crippen LogP contribution < -0.4 is 10.2 Å². The third kappa shape index (κ3) is 3.66. The van der Waals surface area contributed by atoms with E-state index in [4.69, 9.17) is 16.3 Å². The van der Waals surface area contributed by atoms with Gasteiger partial charge >= 0.3 is 0 Å². The van der Waals surface area contributed by atoms with Crippen LogP contribution in [0.25, 0.3) is 10.1 Å². The van der Waals surface area contributed by atoms with Crippen LogP contribution in [0.5, 0.6) is 5.75 Å². The molecule has 0 spiro atoms. The predicted octanol–water partition coefficient (Wildman–Crippen LogP) is 4.24. The van der Waals surface area contributed by atoms with Gasteiger partial charge in [-0.25, -0.2) is 5.43 Å². The molecule has 0 aliphatic carbocycles. The number of hydrogen-bond donors (Lipinski definition) is 1. The predicted molar refractivity (Wildman–Crippen MR) is 102 cm³/mol. The minimum atomic E-state index is -0.485. The highest BCUT2D eigenvalue weighted by Gasteiger charge is 2.17. The monoisotopic (exact) mass is 389 g/mol. The number of non-ortho nitro benzene ring substituents is 1. The van der Waals surface area contributed by atoms with Crippen molar-refractivity contribution < 1.29 is 14.5 Å². The van der Waals surface area contributed by atoms with Gasteiger partial charge in [-0.15, -0.1) is 11.3 Å². The van der Waals surface area contributed by atoms with Crippen LogP contribution in [0.1, 0.15) is 15.2 Å². The topological polar surface area (TPSA) is 93.8 Å². The molecule has 0 aliphatic rings. The van der Waals surface area contributed by atoms with E-state index in [-0.39, 0.29) is 5.69 Å². The first-order chi connectivity index (χ1) is 12.5. The van der Waals surface area contributed by atoms with Crippen molar-refractivity contribution in [2.45, 2.75) is 0 Å². The zero-order valence-corrected chi connectivity index (χ0v) is 15.0. The third-order valence-electron chi connectivity index (χ3n) is 3.53. The first-order valence-electron chi connectivity index (χ1n) is 7.33. The Morgan fingerprint density at radius 2 is 2.04 bits per heavy atom. The summed E-state index contributed by atoms with van der Waals surface area (Å²) in [4.78, 5) is 22.8. The van der Waals surface area contributed by atoms with E-state index < -0.39 is 10.8 Å². The first-order valence-corrected chi connectivity index (χ1v) is 8.53. The van der Waals surface area contributed by atoms with Crippen LogP contribution in [0.15, 0.2) is 47.6 Å². The number of nitro benzene ring substituents is 1. The largest absolute Gasteiger partial charge is 0.497 e. The fourth-order valence-corrected chi connectivity index (χ4v) is 3.65. The molecule has 9 heteroatoms. The number of thiophene rings is 1. The van der Waals surface area contributed by atoms with Crippen molar-refractivity contribution in [3.05, 3.63) is 68.0 Å². The number of ether oxygens (including phenoxy) is 1. The standard InChI is InChI=1S/C17H12ClN3O4S/c1-25-12-6-7-13-14(8-12)26-16(15(13)18)17(22)20-19-9-10-2-4-11(5-3-10)21(23)24/h2-9H,1H3,(H,20,22). The molecule has 0 radical (unpaired) electrons. The molecule has 0 atom stereocenters. The number of nitrogens with one attached hydrogen (secondary N) is 1. The maximum absolute atomic E-state index is 12.3. The van der Waals surface area contributed by atoms with E-state index in [2.05, 4.69) is 10.5 Å². The van der Waals surface area contributed by atoms with Crippen molar-refractivity contribution in [3.63, 3.8) is 0 Å². The molecule has 0 bridgehead atoms. The van der Waals surface area contributed by atoms with Crippen molar-refractivity contribution >= 4 is 50.8 Å². The Bertz CT molecular complexity index is 1010. The van der Waals surface area contributed by atoms with E-state index in [1.54, 1.807) is 19.2 Å². The molecule has 0 unspecified atom stereocenters. The van der Waals surface area contributed by atoms with Gasteiger partial charge in [-0.3, -0.25) is 14.9 Å². The first kappa shape index (κ1) is 17.8. The Balaban J connectivity index is 1.74. The number of carbonyl (C=O) groups is 1. The van der Waals surface area contributed by atoms with Gasteiger partial charge in [0.1, 0.15) is 10.6 Å². The SMILES string of the molecule is COc1ccc2c(Cl)c(C(=O)NN=Cc3ccc([N+](=O)[O-])cc3)sc2c1. The summed E-state index contributed by atoms with van der Waals surface area (Å²) in [5.41, 5.74) is 3.01. The maximum atomic E-state index is 12.3. The molecule has 3 rings (SSSR count).